The van der Waals surface area contributed by atoms with Crippen LogP contribution >= 0.6 is 0 Å². The number of hydrogen-bond donors (Lipinski definition) is 2. The number of carbonyl (C=O) groups excluding carboxylic acids is 1. The second-order valence-electron chi connectivity index (χ2n) is 4.05. The number of hydrogen-bond acceptors (Lipinski definition) is 3. The van der Waals surface area contributed by atoms with Crippen LogP contribution in [0.3, 0.4) is 0 Å². The molecule has 0 heterocycles. The van der Waals surface area contributed by atoms with E-state index in [0.717, 1.165) is 6.26 Å². The van der Waals surface area contributed by atoms with Gasteiger partial charge in [-0.2, -0.15) is 0 Å². The molecule has 0 aliphatic carbocycles. The van der Waals surface area contributed by atoms with Gasteiger partial charge in [0.2, 0.25) is 0 Å². The Kier molecular flexibility index (Phi) is 4.11. The van der Waals surface area contributed by atoms with E-state index >= 15 is 0 Å². The zero-order valence-corrected chi connectivity index (χ0v) is 10.8. The molecule has 0 aliphatic rings. The van der Waals surface area contributed by atoms with Crippen molar-refractivity contribution < 1.29 is 13.2 Å². The van der Waals surface area contributed by atoms with Gasteiger partial charge < -0.3 is 10.6 Å². The van der Waals surface area contributed by atoms with Crippen molar-refractivity contribution in [1.82, 2.24) is 5.32 Å². The van der Waals surface area contributed by atoms with Crippen molar-refractivity contribution >= 4 is 21.6 Å². The first kappa shape index (κ1) is 13.5. The highest BCUT2D eigenvalue weighted by atomic mass is 32.2. The molecule has 0 bridgehead atoms. The molecule has 0 atom stereocenters. The summed E-state index contributed by atoms with van der Waals surface area (Å²) in [6.45, 7) is 3.68. The Balaban J connectivity index is 2.83. The summed E-state index contributed by atoms with van der Waals surface area (Å²) in [5.74, 6) is 0. The largest absolute Gasteiger partial charge is 0.336 e. The van der Waals surface area contributed by atoms with E-state index in [-0.39, 0.29) is 17.0 Å². The third-order valence-corrected chi connectivity index (χ3v) is 3.05. The van der Waals surface area contributed by atoms with E-state index in [1.807, 2.05) is 13.8 Å². The van der Waals surface area contributed by atoms with E-state index in [0.29, 0.717) is 5.69 Å². The standard InChI is InChI=1S/C11H16N2O3S/c1-8(2)12-11(14)13-9-5-4-6-10(7-9)17(3,15)16/h4-8H,1-3H3,(H2,12,13,14). The number of amides is 2. The van der Waals surface area contributed by atoms with Crippen LogP contribution in [0.15, 0.2) is 29.2 Å². The predicted octanol–water partition coefficient (Wildman–Crippen LogP) is 1.62. The van der Waals surface area contributed by atoms with E-state index in [9.17, 15) is 13.2 Å². The van der Waals surface area contributed by atoms with Crippen LogP contribution in [-0.2, 0) is 9.84 Å². The van der Waals surface area contributed by atoms with E-state index in [4.69, 9.17) is 0 Å². The highest BCUT2D eigenvalue weighted by Crippen LogP contribution is 2.15. The Labute approximate surface area is 101 Å². The van der Waals surface area contributed by atoms with Gasteiger partial charge >= 0.3 is 6.03 Å². The molecule has 2 N–H and O–H groups in total. The molecule has 0 aliphatic heterocycles. The van der Waals surface area contributed by atoms with Crippen LogP contribution in [0.25, 0.3) is 0 Å². The quantitative estimate of drug-likeness (QED) is 0.863. The van der Waals surface area contributed by atoms with Gasteiger partial charge in [-0.1, -0.05) is 6.07 Å². The van der Waals surface area contributed by atoms with Crippen molar-refractivity contribution in [3.05, 3.63) is 24.3 Å². The second kappa shape index (κ2) is 5.18. The minimum Gasteiger partial charge on any atom is -0.336 e. The molecule has 0 saturated heterocycles. The number of sulfone groups is 1. The summed E-state index contributed by atoms with van der Waals surface area (Å²) in [6.07, 6.45) is 1.13. The molecule has 0 fully saturated rings. The van der Waals surface area contributed by atoms with E-state index in [1.165, 1.54) is 12.1 Å². The van der Waals surface area contributed by atoms with Gasteiger partial charge in [-0.15, -0.1) is 0 Å². The number of benzene rings is 1. The van der Waals surface area contributed by atoms with Gasteiger partial charge in [0.05, 0.1) is 4.90 Å². The molecule has 0 saturated carbocycles. The lowest BCUT2D eigenvalue weighted by Gasteiger charge is -2.10. The van der Waals surface area contributed by atoms with E-state index in [2.05, 4.69) is 10.6 Å². The summed E-state index contributed by atoms with van der Waals surface area (Å²) in [5, 5.41) is 5.22. The Morgan fingerprint density at radius 1 is 1.29 bits per heavy atom. The highest BCUT2D eigenvalue weighted by molar-refractivity contribution is 7.90. The third kappa shape index (κ3) is 4.44. The molecule has 94 valence electrons. The zero-order valence-electron chi connectivity index (χ0n) is 10.0. The molecule has 17 heavy (non-hydrogen) atoms. The molecule has 1 rings (SSSR count). The van der Waals surface area contributed by atoms with Crippen molar-refractivity contribution in [2.45, 2.75) is 24.8 Å². The van der Waals surface area contributed by atoms with Crippen LogP contribution in [-0.4, -0.2) is 26.7 Å². The van der Waals surface area contributed by atoms with Gasteiger partial charge in [0.15, 0.2) is 9.84 Å². The Morgan fingerprint density at radius 3 is 2.47 bits per heavy atom. The molecule has 0 spiro atoms. The predicted molar refractivity (Wildman–Crippen MR) is 66.8 cm³/mol. The number of carbonyl (C=O) groups is 1. The van der Waals surface area contributed by atoms with Crippen molar-refractivity contribution in [2.75, 3.05) is 11.6 Å². The Bertz CT molecular complexity index is 509. The molecular formula is C11H16N2O3S. The summed E-state index contributed by atoms with van der Waals surface area (Å²) in [5.41, 5.74) is 0.450. The topological polar surface area (TPSA) is 75.3 Å². The van der Waals surface area contributed by atoms with Crippen LogP contribution in [0.4, 0.5) is 10.5 Å². The van der Waals surface area contributed by atoms with E-state index < -0.39 is 9.84 Å². The SMILES string of the molecule is CC(C)NC(=O)Nc1cccc(S(C)(=O)=O)c1. The lowest BCUT2D eigenvalue weighted by Crippen LogP contribution is -2.34. The number of urea groups is 1. The Hall–Kier alpha value is -1.56. The zero-order chi connectivity index (χ0) is 13.1. The van der Waals surface area contributed by atoms with Gasteiger partial charge in [-0.25, -0.2) is 13.2 Å². The van der Waals surface area contributed by atoms with Crippen molar-refractivity contribution in [1.29, 1.82) is 0 Å². The summed E-state index contributed by atoms with van der Waals surface area (Å²) >= 11 is 0. The first-order chi connectivity index (χ1) is 7.79. The third-order valence-electron chi connectivity index (χ3n) is 1.94. The van der Waals surface area contributed by atoms with Crippen LogP contribution in [0.5, 0.6) is 0 Å². The monoisotopic (exact) mass is 256 g/mol. The molecule has 2 amide bonds. The number of rotatable bonds is 3. The highest BCUT2D eigenvalue weighted by Gasteiger charge is 2.09. The minimum atomic E-state index is -3.26. The smallest absolute Gasteiger partial charge is 0.319 e. The van der Waals surface area contributed by atoms with Gasteiger partial charge in [0.25, 0.3) is 0 Å². The first-order valence-corrected chi connectivity index (χ1v) is 7.06. The molecular weight excluding hydrogens is 240 g/mol. The molecule has 1 aromatic rings. The van der Waals surface area contributed by atoms with Gasteiger partial charge in [-0.3, -0.25) is 0 Å². The van der Waals surface area contributed by atoms with Crippen molar-refractivity contribution in [3.8, 4) is 0 Å². The van der Waals surface area contributed by atoms with Crippen molar-refractivity contribution in [2.24, 2.45) is 0 Å². The van der Waals surface area contributed by atoms with Crippen LogP contribution in [0.2, 0.25) is 0 Å². The molecule has 6 heteroatoms. The van der Waals surface area contributed by atoms with Crippen LogP contribution < -0.4 is 10.6 Å². The van der Waals surface area contributed by atoms with Gasteiger partial charge in [0, 0.05) is 18.0 Å². The fourth-order valence-corrected chi connectivity index (χ4v) is 1.90. The summed E-state index contributed by atoms with van der Waals surface area (Å²) in [7, 11) is -3.26. The first-order valence-electron chi connectivity index (χ1n) is 5.16. The maximum Gasteiger partial charge on any atom is 0.319 e. The maximum atomic E-state index is 11.4. The molecule has 1 aromatic carbocycles. The Morgan fingerprint density at radius 2 is 1.94 bits per heavy atom. The van der Waals surface area contributed by atoms with E-state index in [1.54, 1.807) is 12.1 Å². The fraction of sp³-hybridized carbons (Fsp3) is 0.364. The van der Waals surface area contributed by atoms with Crippen molar-refractivity contribution in [3.63, 3.8) is 0 Å². The second-order valence-corrected chi connectivity index (χ2v) is 6.07. The van der Waals surface area contributed by atoms with Crippen LogP contribution in [0, 0.1) is 0 Å². The maximum absolute atomic E-state index is 11.4. The normalized spacial score (nSPS) is 11.3. The average molecular weight is 256 g/mol. The fourth-order valence-electron chi connectivity index (χ4n) is 1.23. The lowest BCUT2D eigenvalue weighted by molar-refractivity contribution is 0.250. The summed E-state index contributed by atoms with van der Waals surface area (Å²) in [4.78, 5) is 11.6. The molecule has 5 nitrogen and oxygen atoms in total. The van der Waals surface area contributed by atoms with Crippen LogP contribution in [0.1, 0.15) is 13.8 Å². The molecule has 0 radical (unpaired) electrons. The minimum absolute atomic E-state index is 0.0214. The average Bonchev–Trinajstić information content (AvgIpc) is 2.15. The van der Waals surface area contributed by atoms with Gasteiger partial charge in [-0.05, 0) is 32.0 Å². The summed E-state index contributed by atoms with van der Waals surface area (Å²) in [6, 6.07) is 5.80. The molecule has 0 unspecified atom stereocenters. The number of nitrogens with one attached hydrogen (secondary N) is 2. The summed E-state index contributed by atoms with van der Waals surface area (Å²) < 4.78 is 22.6. The lowest BCUT2D eigenvalue weighted by atomic mass is 10.3. The van der Waals surface area contributed by atoms with Gasteiger partial charge in [0.1, 0.15) is 0 Å². The number of anilines is 1. The molecule has 0 aromatic heterocycles.